The number of anilines is 2. The van der Waals surface area contributed by atoms with Crippen LogP contribution in [0.3, 0.4) is 0 Å². The van der Waals surface area contributed by atoms with Gasteiger partial charge in [0.2, 0.25) is 11.7 Å². The lowest BCUT2D eigenvalue weighted by Crippen LogP contribution is -2.15. The molecule has 1 heterocycles. The van der Waals surface area contributed by atoms with E-state index in [1.807, 2.05) is 0 Å². The molecule has 0 atom stereocenters. The first-order chi connectivity index (χ1) is 16.6. The summed E-state index contributed by atoms with van der Waals surface area (Å²) in [6.07, 6.45) is 2.93. The SMILES string of the molecule is COc1cc(/C=C/C(=O)Nc2ccc(S(=O)(=O)Nc3cc(C)nc(C)n3)cc2)cc(OC)c1OC. The van der Waals surface area contributed by atoms with Gasteiger partial charge in [0.15, 0.2) is 11.5 Å². The number of ether oxygens (including phenoxy) is 3. The van der Waals surface area contributed by atoms with Crippen molar-refractivity contribution in [1.29, 1.82) is 0 Å². The summed E-state index contributed by atoms with van der Waals surface area (Å²) < 4.78 is 43.7. The van der Waals surface area contributed by atoms with E-state index >= 15 is 0 Å². The third-order valence-electron chi connectivity index (χ3n) is 4.75. The third kappa shape index (κ3) is 6.48. The van der Waals surface area contributed by atoms with E-state index in [0.29, 0.717) is 40.0 Å². The highest BCUT2D eigenvalue weighted by Crippen LogP contribution is 2.38. The average Bonchev–Trinajstić information content (AvgIpc) is 2.81. The zero-order chi connectivity index (χ0) is 25.6. The standard InChI is InChI=1S/C24H26N4O6S/c1-15-12-22(26-16(2)25-15)28-35(30,31)19-9-7-18(8-10-19)27-23(29)11-6-17-13-20(32-3)24(34-5)21(14-17)33-4/h6-14H,1-5H3,(H,27,29)(H,25,26,28)/b11-6+. The summed E-state index contributed by atoms with van der Waals surface area (Å²) in [6, 6.07) is 10.7. The number of benzene rings is 2. The summed E-state index contributed by atoms with van der Waals surface area (Å²) in [7, 11) is 0.662. The van der Waals surface area contributed by atoms with Crippen molar-refractivity contribution in [2.45, 2.75) is 18.7 Å². The number of nitrogens with zero attached hydrogens (tertiary/aromatic N) is 2. The molecular formula is C24H26N4O6S. The maximum Gasteiger partial charge on any atom is 0.263 e. The predicted molar refractivity (Wildman–Crippen MR) is 133 cm³/mol. The minimum absolute atomic E-state index is 0.0254. The van der Waals surface area contributed by atoms with Crippen LogP contribution in [-0.2, 0) is 14.8 Å². The zero-order valence-corrected chi connectivity index (χ0v) is 20.8. The molecule has 0 aliphatic rings. The van der Waals surface area contributed by atoms with Gasteiger partial charge in [-0.2, -0.15) is 0 Å². The Morgan fingerprint density at radius 1 is 0.914 bits per heavy atom. The van der Waals surface area contributed by atoms with Gasteiger partial charge in [0.05, 0.1) is 26.2 Å². The molecule has 2 N–H and O–H groups in total. The molecule has 11 heteroatoms. The number of nitrogens with one attached hydrogen (secondary N) is 2. The number of hydrogen-bond acceptors (Lipinski definition) is 8. The van der Waals surface area contributed by atoms with E-state index in [2.05, 4.69) is 20.0 Å². The molecule has 0 spiro atoms. The summed E-state index contributed by atoms with van der Waals surface area (Å²) in [5.74, 6) is 1.62. The highest BCUT2D eigenvalue weighted by atomic mass is 32.2. The number of aryl methyl sites for hydroxylation is 2. The maximum absolute atomic E-state index is 12.7. The van der Waals surface area contributed by atoms with Crippen LogP contribution in [0.2, 0.25) is 0 Å². The van der Waals surface area contributed by atoms with Crippen molar-refractivity contribution in [3.8, 4) is 17.2 Å². The van der Waals surface area contributed by atoms with Crippen molar-refractivity contribution >= 4 is 33.5 Å². The average molecular weight is 499 g/mol. The van der Waals surface area contributed by atoms with Crippen molar-refractivity contribution in [3.05, 3.63) is 65.6 Å². The Morgan fingerprint density at radius 2 is 1.54 bits per heavy atom. The number of rotatable bonds is 9. The fourth-order valence-electron chi connectivity index (χ4n) is 3.24. The second-order valence-electron chi connectivity index (χ2n) is 7.35. The fraction of sp³-hybridized carbons (Fsp3) is 0.208. The Bertz CT molecular complexity index is 1310. The van der Waals surface area contributed by atoms with E-state index in [0.717, 1.165) is 0 Å². The summed E-state index contributed by atoms with van der Waals surface area (Å²) in [5.41, 5.74) is 1.74. The van der Waals surface area contributed by atoms with E-state index < -0.39 is 15.9 Å². The lowest BCUT2D eigenvalue weighted by atomic mass is 10.1. The van der Waals surface area contributed by atoms with Gasteiger partial charge in [0.25, 0.3) is 10.0 Å². The zero-order valence-electron chi connectivity index (χ0n) is 19.9. The summed E-state index contributed by atoms with van der Waals surface area (Å²) in [4.78, 5) is 20.6. The van der Waals surface area contributed by atoms with Crippen LogP contribution in [-0.4, -0.2) is 45.6 Å². The van der Waals surface area contributed by atoms with Crippen LogP contribution < -0.4 is 24.2 Å². The van der Waals surface area contributed by atoms with Crippen LogP contribution in [0.1, 0.15) is 17.1 Å². The number of aromatic nitrogens is 2. The van der Waals surface area contributed by atoms with E-state index in [9.17, 15) is 13.2 Å². The summed E-state index contributed by atoms with van der Waals surface area (Å²) in [6.45, 7) is 3.43. The van der Waals surface area contributed by atoms with E-state index in [1.54, 1.807) is 38.1 Å². The normalized spacial score (nSPS) is 11.2. The molecule has 10 nitrogen and oxygen atoms in total. The highest BCUT2D eigenvalue weighted by Gasteiger charge is 2.16. The Balaban J connectivity index is 1.69. The van der Waals surface area contributed by atoms with Crippen LogP contribution in [0.15, 0.2) is 53.4 Å². The first-order valence-electron chi connectivity index (χ1n) is 10.4. The van der Waals surface area contributed by atoms with E-state index in [1.165, 1.54) is 51.7 Å². The molecule has 3 aromatic rings. The quantitative estimate of drug-likeness (QED) is 0.429. The molecule has 1 aromatic heterocycles. The lowest BCUT2D eigenvalue weighted by Gasteiger charge is -2.12. The molecule has 0 saturated heterocycles. The Kier molecular flexibility index (Phi) is 7.92. The number of carbonyl (C=O) groups is 1. The number of methoxy groups -OCH3 is 3. The molecule has 184 valence electrons. The maximum atomic E-state index is 12.7. The third-order valence-corrected chi connectivity index (χ3v) is 6.12. The minimum Gasteiger partial charge on any atom is -0.493 e. The van der Waals surface area contributed by atoms with Gasteiger partial charge in [0.1, 0.15) is 11.6 Å². The van der Waals surface area contributed by atoms with Crippen LogP contribution in [0, 0.1) is 13.8 Å². The highest BCUT2D eigenvalue weighted by molar-refractivity contribution is 7.92. The van der Waals surface area contributed by atoms with Crippen molar-refractivity contribution in [2.75, 3.05) is 31.4 Å². The molecule has 0 bridgehead atoms. The molecular weight excluding hydrogens is 472 g/mol. The molecule has 0 unspecified atom stereocenters. The van der Waals surface area contributed by atoms with E-state index in [-0.39, 0.29) is 10.7 Å². The van der Waals surface area contributed by atoms with Crippen LogP contribution in [0.4, 0.5) is 11.5 Å². The van der Waals surface area contributed by atoms with Crippen molar-refractivity contribution in [1.82, 2.24) is 9.97 Å². The Hall–Kier alpha value is -4.12. The van der Waals surface area contributed by atoms with Gasteiger partial charge in [-0.1, -0.05) is 0 Å². The van der Waals surface area contributed by atoms with Gasteiger partial charge in [-0.3, -0.25) is 9.52 Å². The van der Waals surface area contributed by atoms with Crippen molar-refractivity contribution < 1.29 is 27.4 Å². The van der Waals surface area contributed by atoms with Crippen LogP contribution >= 0.6 is 0 Å². The van der Waals surface area contributed by atoms with Crippen LogP contribution in [0.5, 0.6) is 17.2 Å². The molecule has 0 saturated carbocycles. The number of hydrogen-bond donors (Lipinski definition) is 2. The molecule has 2 aromatic carbocycles. The fourth-order valence-corrected chi connectivity index (χ4v) is 4.23. The molecule has 35 heavy (non-hydrogen) atoms. The minimum atomic E-state index is -3.86. The van der Waals surface area contributed by atoms with Gasteiger partial charge in [-0.15, -0.1) is 0 Å². The topological polar surface area (TPSA) is 129 Å². The first kappa shape index (κ1) is 25.5. The largest absolute Gasteiger partial charge is 0.493 e. The molecule has 3 rings (SSSR count). The predicted octanol–water partition coefficient (Wildman–Crippen LogP) is 3.57. The second kappa shape index (κ2) is 10.9. The Labute approximate surface area is 204 Å². The van der Waals surface area contributed by atoms with Gasteiger partial charge in [0, 0.05) is 23.5 Å². The number of carbonyl (C=O) groups excluding carboxylic acids is 1. The van der Waals surface area contributed by atoms with Crippen molar-refractivity contribution in [2.24, 2.45) is 0 Å². The van der Waals surface area contributed by atoms with E-state index in [4.69, 9.17) is 14.2 Å². The smallest absolute Gasteiger partial charge is 0.263 e. The number of sulfonamides is 1. The molecule has 0 fully saturated rings. The van der Waals surface area contributed by atoms with Crippen LogP contribution in [0.25, 0.3) is 6.08 Å². The first-order valence-corrected chi connectivity index (χ1v) is 11.9. The Morgan fingerprint density at radius 3 is 2.09 bits per heavy atom. The lowest BCUT2D eigenvalue weighted by molar-refractivity contribution is -0.111. The van der Waals surface area contributed by atoms with Gasteiger partial charge >= 0.3 is 0 Å². The number of amides is 1. The summed E-state index contributed by atoms with van der Waals surface area (Å²) >= 11 is 0. The molecule has 0 radical (unpaired) electrons. The van der Waals surface area contributed by atoms with Gasteiger partial charge in [-0.25, -0.2) is 18.4 Å². The molecule has 0 aliphatic carbocycles. The second-order valence-corrected chi connectivity index (χ2v) is 9.04. The monoisotopic (exact) mass is 498 g/mol. The summed E-state index contributed by atoms with van der Waals surface area (Å²) in [5, 5.41) is 2.69. The van der Waals surface area contributed by atoms with Gasteiger partial charge in [-0.05, 0) is 61.9 Å². The van der Waals surface area contributed by atoms with Gasteiger partial charge < -0.3 is 19.5 Å². The molecule has 0 aliphatic heterocycles. The van der Waals surface area contributed by atoms with Crippen molar-refractivity contribution in [3.63, 3.8) is 0 Å². The molecule has 1 amide bonds.